The molecule has 1 fully saturated rings. The van der Waals surface area contributed by atoms with Crippen molar-refractivity contribution >= 4 is 10.0 Å². The summed E-state index contributed by atoms with van der Waals surface area (Å²) in [7, 11) is -0.247. The highest BCUT2D eigenvalue weighted by Crippen LogP contribution is 2.31. The minimum atomic E-state index is -3.59. The molecule has 1 aliphatic rings. The Hall–Kier alpha value is -1.62. The van der Waals surface area contributed by atoms with Crippen LogP contribution in [0.1, 0.15) is 24.8 Å². The van der Waals surface area contributed by atoms with Crippen LogP contribution in [0.4, 0.5) is 0 Å². The van der Waals surface area contributed by atoms with Gasteiger partial charge in [0.2, 0.25) is 10.0 Å². The minimum Gasteiger partial charge on any atom is -0.495 e. The third-order valence-corrected chi connectivity index (χ3v) is 6.22. The number of benzene rings is 1. The third kappa shape index (κ3) is 4.02. The lowest BCUT2D eigenvalue weighted by Crippen LogP contribution is -2.39. The molecule has 23 heavy (non-hydrogen) atoms. The van der Waals surface area contributed by atoms with Crippen LogP contribution < -0.4 is 10.1 Å². The van der Waals surface area contributed by atoms with Crippen molar-refractivity contribution in [3.63, 3.8) is 0 Å². The van der Waals surface area contributed by atoms with Gasteiger partial charge >= 0.3 is 0 Å². The van der Waals surface area contributed by atoms with Gasteiger partial charge in [-0.3, -0.25) is 0 Å². The number of nitrogens with zero attached hydrogens (tertiary/aromatic N) is 2. The maximum Gasteiger partial charge on any atom is 0.246 e. The van der Waals surface area contributed by atoms with Crippen LogP contribution in [-0.2, 0) is 10.0 Å². The number of rotatable bonds is 6. The van der Waals surface area contributed by atoms with E-state index >= 15 is 0 Å². The summed E-state index contributed by atoms with van der Waals surface area (Å²) in [5.41, 5.74) is 0.381. The van der Waals surface area contributed by atoms with Crippen LogP contribution in [0.3, 0.4) is 0 Å². The summed E-state index contributed by atoms with van der Waals surface area (Å²) in [6.07, 6.45) is 2.82. The maximum atomic E-state index is 12.8. The first kappa shape index (κ1) is 17.7. The van der Waals surface area contributed by atoms with Crippen molar-refractivity contribution in [2.24, 2.45) is 5.92 Å². The van der Waals surface area contributed by atoms with Gasteiger partial charge in [-0.15, -0.1) is 0 Å². The van der Waals surface area contributed by atoms with E-state index in [1.165, 1.54) is 29.6 Å². The molecule has 0 spiro atoms. The van der Waals surface area contributed by atoms with Crippen molar-refractivity contribution in [2.45, 2.75) is 24.2 Å². The van der Waals surface area contributed by atoms with Gasteiger partial charge < -0.3 is 10.1 Å². The number of sulfonamides is 1. The number of nitriles is 1. The summed E-state index contributed by atoms with van der Waals surface area (Å²) in [6.45, 7) is 2.01. The number of methoxy groups -OCH3 is 1. The SMILES string of the molecule is CNCCC1CCN(S(=O)(=O)c2ccc(C#N)cc2OC)CC1. The first-order valence-electron chi connectivity index (χ1n) is 7.75. The fraction of sp³-hybridized carbons (Fsp3) is 0.562. The van der Waals surface area contributed by atoms with Crippen LogP contribution in [0.15, 0.2) is 23.1 Å². The Balaban J connectivity index is 2.15. The standard InChI is InChI=1S/C16H23N3O3S/c1-18-8-5-13-6-9-19(10-7-13)23(20,21)16-4-3-14(12-17)11-15(16)22-2/h3-4,11,13,18H,5-10H2,1-2H3. The predicted octanol–water partition coefficient (Wildman–Crippen LogP) is 1.58. The lowest BCUT2D eigenvalue weighted by atomic mass is 9.95. The predicted molar refractivity (Wildman–Crippen MR) is 87.7 cm³/mol. The summed E-state index contributed by atoms with van der Waals surface area (Å²) in [4.78, 5) is 0.132. The summed E-state index contributed by atoms with van der Waals surface area (Å²) >= 11 is 0. The zero-order valence-corrected chi connectivity index (χ0v) is 14.4. The highest BCUT2D eigenvalue weighted by Gasteiger charge is 2.31. The van der Waals surface area contributed by atoms with Crippen molar-refractivity contribution in [1.82, 2.24) is 9.62 Å². The summed E-state index contributed by atoms with van der Waals surface area (Å²) in [6, 6.07) is 6.42. The van der Waals surface area contributed by atoms with Crippen LogP contribution >= 0.6 is 0 Å². The molecule has 126 valence electrons. The molecule has 7 heteroatoms. The van der Waals surface area contributed by atoms with E-state index in [1.54, 1.807) is 0 Å². The fourth-order valence-electron chi connectivity index (χ4n) is 2.88. The molecule has 0 saturated carbocycles. The quantitative estimate of drug-likeness (QED) is 0.852. The summed E-state index contributed by atoms with van der Waals surface area (Å²) < 4.78 is 32.4. The van der Waals surface area contributed by atoms with Gasteiger partial charge in [-0.05, 0) is 57.0 Å². The molecule has 0 amide bonds. The molecule has 0 unspecified atom stereocenters. The van der Waals surface area contributed by atoms with E-state index in [9.17, 15) is 8.42 Å². The van der Waals surface area contributed by atoms with E-state index < -0.39 is 10.0 Å². The fourth-order valence-corrected chi connectivity index (χ4v) is 4.48. The smallest absolute Gasteiger partial charge is 0.246 e. The van der Waals surface area contributed by atoms with Crippen molar-refractivity contribution in [3.05, 3.63) is 23.8 Å². The zero-order valence-electron chi connectivity index (χ0n) is 13.6. The monoisotopic (exact) mass is 337 g/mol. The van der Waals surface area contributed by atoms with Crippen molar-refractivity contribution in [2.75, 3.05) is 33.8 Å². The van der Waals surface area contributed by atoms with Crippen molar-refractivity contribution in [1.29, 1.82) is 5.26 Å². The van der Waals surface area contributed by atoms with Crippen LogP contribution in [0.2, 0.25) is 0 Å². The van der Waals surface area contributed by atoms with Gasteiger partial charge in [-0.2, -0.15) is 9.57 Å². The number of nitrogens with one attached hydrogen (secondary N) is 1. The van der Waals surface area contributed by atoms with Gasteiger partial charge in [0.1, 0.15) is 10.6 Å². The Morgan fingerprint density at radius 2 is 2.09 bits per heavy atom. The molecule has 0 atom stereocenters. The van der Waals surface area contributed by atoms with Crippen LogP contribution in [-0.4, -0.2) is 46.5 Å². The number of ether oxygens (including phenoxy) is 1. The third-order valence-electron chi connectivity index (χ3n) is 4.29. The molecule has 1 aromatic rings. The van der Waals surface area contributed by atoms with E-state index in [1.807, 2.05) is 13.1 Å². The maximum absolute atomic E-state index is 12.8. The molecule has 0 aromatic heterocycles. The van der Waals surface area contributed by atoms with E-state index in [-0.39, 0.29) is 10.6 Å². The average Bonchev–Trinajstić information content (AvgIpc) is 2.59. The van der Waals surface area contributed by atoms with E-state index in [4.69, 9.17) is 10.00 Å². The second kappa shape index (κ2) is 7.77. The first-order chi connectivity index (χ1) is 11.0. The topological polar surface area (TPSA) is 82.4 Å². The lowest BCUT2D eigenvalue weighted by molar-refractivity contribution is 0.262. The second-order valence-corrected chi connectivity index (χ2v) is 7.62. The number of piperidine rings is 1. The van der Waals surface area contributed by atoms with Crippen molar-refractivity contribution < 1.29 is 13.2 Å². The Labute approximate surface area is 138 Å². The lowest BCUT2D eigenvalue weighted by Gasteiger charge is -2.31. The van der Waals surface area contributed by atoms with Crippen molar-refractivity contribution in [3.8, 4) is 11.8 Å². The average molecular weight is 337 g/mol. The Kier molecular flexibility index (Phi) is 5.99. The number of hydrogen-bond acceptors (Lipinski definition) is 5. The highest BCUT2D eigenvalue weighted by atomic mass is 32.2. The summed E-state index contributed by atoms with van der Waals surface area (Å²) in [5, 5.41) is 12.1. The van der Waals surface area contributed by atoms with Gasteiger partial charge in [-0.1, -0.05) is 0 Å². The van der Waals surface area contributed by atoms with Gasteiger partial charge in [0.25, 0.3) is 0 Å². The molecule has 1 saturated heterocycles. The van der Waals surface area contributed by atoms with Crippen LogP contribution in [0, 0.1) is 17.2 Å². The van der Waals surface area contributed by atoms with Gasteiger partial charge in [0, 0.05) is 13.1 Å². The number of hydrogen-bond donors (Lipinski definition) is 1. The molecule has 6 nitrogen and oxygen atoms in total. The molecule has 0 radical (unpaired) electrons. The van der Waals surface area contributed by atoms with Gasteiger partial charge in [0.05, 0.1) is 18.7 Å². The Morgan fingerprint density at radius 3 is 2.65 bits per heavy atom. The Morgan fingerprint density at radius 1 is 1.39 bits per heavy atom. The zero-order chi connectivity index (χ0) is 16.9. The second-order valence-electron chi connectivity index (χ2n) is 5.72. The van der Waals surface area contributed by atoms with Gasteiger partial charge in [0.15, 0.2) is 0 Å². The molecule has 1 aliphatic heterocycles. The van der Waals surface area contributed by atoms with E-state index in [0.717, 1.165) is 25.8 Å². The highest BCUT2D eigenvalue weighted by molar-refractivity contribution is 7.89. The summed E-state index contributed by atoms with van der Waals surface area (Å²) in [5.74, 6) is 0.790. The largest absolute Gasteiger partial charge is 0.495 e. The Bertz CT molecular complexity index is 674. The minimum absolute atomic E-state index is 0.132. The molecule has 1 N–H and O–H groups in total. The normalized spacial score (nSPS) is 16.9. The molecular formula is C16H23N3O3S. The molecule has 1 aromatic carbocycles. The molecular weight excluding hydrogens is 314 g/mol. The molecule has 0 bridgehead atoms. The van der Waals surface area contributed by atoms with E-state index in [0.29, 0.717) is 24.6 Å². The van der Waals surface area contributed by atoms with Crippen LogP contribution in [0.25, 0.3) is 0 Å². The molecule has 1 heterocycles. The first-order valence-corrected chi connectivity index (χ1v) is 9.19. The van der Waals surface area contributed by atoms with E-state index in [2.05, 4.69) is 5.32 Å². The van der Waals surface area contributed by atoms with Gasteiger partial charge in [-0.25, -0.2) is 8.42 Å². The molecule has 2 rings (SSSR count). The van der Waals surface area contributed by atoms with Crippen LogP contribution in [0.5, 0.6) is 5.75 Å². The molecule has 0 aliphatic carbocycles.